The zero-order valence-corrected chi connectivity index (χ0v) is 4.24. The molecular weight excluding hydrogens is 94.3 g/mol. The van der Waals surface area contributed by atoms with Gasteiger partial charge in [-0.1, -0.05) is 12.2 Å². The van der Waals surface area contributed by atoms with Gasteiger partial charge in [0.1, 0.15) is 0 Å². The van der Waals surface area contributed by atoms with Crippen LogP contribution in [0.1, 0.15) is 0 Å². The molecule has 0 aliphatic carbocycles. The molecule has 0 fully saturated rings. The summed E-state index contributed by atoms with van der Waals surface area (Å²) in [6.45, 7) is 0. The highest BCUT2D eigenvalue weighted by molar-refractivity contribution is 6.49. The number of hydrogen-bond acceptors (Lipinski definition) is 0. The first-order valence-electron chi connectivity index (χ1n) is 1.82. The van der Waals surface area contributed by atoms with E-state index in [2.05, 4.69) is 24.1 Å². The number of allylic oxidation sites excluding steroid dienone is 2. The van der Waals surface area contributed by atoms with Crippen molar-refractivity contribution in [2.45, 2.75) is 0 Å². The minimum Gasteiger partial charge on any atom is -0.147 e. The molecule has 0 radical (unpaired) electrons. The Morgan fingerprint density at radius 1 is 1.00 bits per heavy atom. The fourth-order valence-corrected chi connectivity index (χ4v) is 0.393. The summed E-state index contributed by atoms with van der Waals surface area (Å²) in [7, 11) is 1.14. The molecule has 0 aromatic carbocycles. The Labute approximate surface area is 44.6 Å². The quantitative estimate of drug-likeness (QED) is 0.397. The van der Waals surface area contributed by atoms with E-state index in [1.807, 2.05) is 0 Å². The molecule has 0 amide bonds. The van der Waals surface area contributed by atoms with Crippen molar-refractivity contribution in [3.05, 3.63) is 24.1 Å². The van der Waals surface area contributed by atoms with Gasteiger partial charge in [-0.25, -0.2) is 0 Å². The monoisotopic (exact) mass is 100 g/mol. The van der Waals surface area contributed by atoms with Gasteiger partial charge in [0, 0.05) is 0 Å². The van der Waals surface area contributed by atoms with E-state index < -0.39 is 0 Å². The van der Waals surface area contributed by atoms with Gasteiger partial charge in [-0.15, -0.1) is 24.4 Å². The summed E-state index contributed by atoms with van der Waals surface area (Å²) in [4.78, 5) is 0. The summed E-state index contributed by atoms with van der Waals surface area (Å²) < 4.78 is 0. The summed E-state index contributed by atoms with van der Waals surface area (Å²) in [6, 6.07) is 0. The molecule has 6 heavy (non-hydrogen) atoms. The van der Waals surface area contributed by atoms with Crippen LogP contribution < -0.4 is 0 Å². The summed E-state index contributed by atoms with van der Waals surface area (Å²) in [5.41, 5.74) is 0. The highest BCUT2D eigenvalue weighted by Gasteiger charge is 1.76. The van der Waals surface area contributed by atoms with E-state index in [1.165, 1.54) is 0 Å². The van der Waals surface area contributed by atoms with Crippen molar-refractivity contribution < 1.29 is 0 Å². The van der Waals surface area contributed by atoms with Gasteiger partial charge in [-0.3, -0.25) is 0 Å². The standard InChI is InChI=1S/C4H5B.ClH/c1-2-4-5-3-1;/h1-5H;1H. The minimum atomic E-state index is 0. The van der Waals surface area contributed by atoms with E-state index in [0.29, 0.717) is 0 Å². The summed E-state index contributed by atoms with van der Waals surface area (Å²) in [6.07, 6.45) is 4.11. The van der Waals surface area contributed by atoms with Crippen LogP contribution in [0.15, 0.2) is 24.1 Å². The second kappa shape index (κ2) is 3.04. The zero-order valence-electron chi connectivity index (χ0n) is 3.42. The maximum atomic E-state index is 2.12. The largest absolute Gasteiger partial charge is 0.173 e. The second-order valence-corrected chi connectivity index (χ2v) is 1.09. The van der Waals surface area contributed by atoms with E-state index in [0.717, 1.165) is 7.28 Å². The van der Waals surface area contributed by atoms with Crippen molar-refractivity contribution >= 4 is 19.7 Å². The molecule has 32 valence electrons. The Kier molecular flexibility index (Phi) is 2.96. The fraction of sp³-hybridized carbons (Fsp3) is 0. The van der Waals surface area contributed by atoms with Gasteiger partial charge in [0.05, 0.1) is 0 Å². The lowest BCUT2D eigenvalue weighted by molar-refractivity contribution is 2.15. The van der Waals surface area contributed by atoms with Crippen LogP contribution in [0.5, 0.6) is 0 Å². The van der Waals surface area contributed by atoms with E-state index in [9.17, 15) is 0 Å². The number of rotatable bonds is 0. The summed E-state index contributed by atoms with van der Waals surface area (Å²) in [5, 5.41) is 0. The number of hydrogen-bond donors (Lipinski definition) is 0. The molecule has 0 saturated carbocycles. The van der Waals surface area contributed by atoms with Crippen molar-refractivity contribution in [1.29, 1.82) is 0 Å². The molecule has 0 nitrogen and oxygen atoms in total. The third-order valence-electron chi connectivity index (χ3n) is 0.655. The Morgan fingerprint density at radius 3 is 1.67 bits per heavy atom. The zero-order chi connectivity index (χ0) is 3.54. The SMILES string of the molecule is B1C=CC=C1.Cl. The molecule has 0 aromatic rings. The van der Waals surface area contributed by atoms with Gasteiger partial charge < -0.3 is 0 Å². The Morgan fingerprint density at radius 2 is 1.50 bits per heavy atom. The highest BCUT2D eigenvalue weighted by atomic mass is 35.5. The Hall–Kier alpha value is -0.165. The molecule has 1 heterocycles. The first-order chi connectivity index (χ1) is 2.50. The maximum Gasteiger partial charge on any atom is 0.173 e. The van der Waals surface area contributed by atoms with Crippen molar-refractivity contribution in [2.24, 2.45) is 0 Å². The van der Waals surface area contributed by atoms with Crippen molar-refractivity contribution in [3.63, 3.8) is 0 Å². The maximum absolute atomic E-state index is 2.12. The highest BCUT2D eigenvalue weighted by Crippen LogP contribution is 1.82. The predicted molar refractivity (Wildman–Crippen MR) is 32.7 cm³/mol. The number of halogens is 1. The lowest BCUT2D eigenvalue weighted by Gasteiger charge is -1.51. The minimum absolute atomic E-state index is 0. The van der Waals surface area contributed by atoms with Crippen LogP contribution in [0.25, 0.3) is 0 Å². The van der Waals surface area contributed by atoms with Crippen molar-refractivity contribution in [1.82, 2.24) is 0 Å². The summed E-state index contributed by atoms with van der Waals surface area (Å²) in [5.74, 6) is 4.25. The predicted octanol–water partition coefficient (Wildman–Crippen LogP) is 0.886. The third kappa shape index (κ3) is 1.32. The molecule has 0 spiro atoms. The van der Waals surface area contributed by atoms with Crippen LogP contribution >= 0.6 is 12.4 Å². The van der Waals surface area contributed by atoms with Gasteiger partial charge in [0.25, 0.3) is 0 Å². The van der Waals surface area contributed by atoms with Crippen LogP contribution in [-0.2, 0) is 0 Å². The Balaban J connectivity index is 0.000000250. The van der Waals surface area contributed by atoms with Gasteiger partial charge in [0.2, 0.25) is 0 Å². The van der Waals surface area contributed by atoms with Crippen LogP contribution in [0.4, 0.5) is 0 Å². The average molecular weight is 100 g/mol. The molecule has 2 heteroatoms. The molecule has 1 aliphatic heterocycles. The molecule has 0 aromatic heterocycles. The van der Waals surface area contributed by atoms with Crippen LogP contribution in [0.3, 0.4) is 0 Å². The summed E-state index contributed by atoms with van der Waals surface area (Å²) >= 11 is 0. The second-order valence-electron chi connectivity index (χ2n) is 1.09. The van der Waals surface area contributed by atoms with Crippen LogP contribution in [0.2, 0.25) is 0 Å². The van der Waals surface area contributed by atoms with Gasteiger partial charge in [0.15, 0.2) is 7.28 Å². The van der Waals surface area contributed by atoms with E-state index >= 15 is 0 Å². The average Bonchev–Trinajstić information content (AvgIpc) is 1.76. The van der Waals surface area contributed by atoms with Gasteiger partial charge in [-0.2, -0.15) is 0 Å². The molecule has 0 bridgehead atoms. The molecule has 0 unspecified atom stereocenters. The topological polar surface area (TPSA) is 0 Å². The lowest BCUT2D eigenvalue weighted by Crippen LogP contribution is -1.63. The van der Waals surface area contributed by atoms with E-state index in [4.69, 9.17) is 0 Å². The molecule has 0 N–H and O–H groups in total. The lowest BCUT2D eigenvalue weighted by atomic mass is 9.83. The van der Waals surface area contributed by atoms with Crippen LogP contribution in [0, 0.1) is 0 Å². The first kappa shape index (κ1) is 5.83. The smallest absolute Gasteiger partial charge is 0.147 e. The van der Waals surface area contributed by atoms with E-state index in [1.54, 1.807) is 0 Å². The molecular formula is C4H6BCl. The molecule has 1 aliphatic rings. The van der Waals surface area contributed by atoms with E-state index in [-0.39, 0.29) is 12.4 Å². The molecule has 0 saturated heterocycles. The fourth-order valence-electron chi connectivity index (χ4n) is 0.393. The van der Waals surface area contributed by atoms with Gasteiger partial charge >= 0.3 is 0 Å². The van der Waals surface area contributed by atoms with Crippen LogP contribution in [-0.4, -0.2) is 7.28 Å². The molecule has 0 atom stereocenters. The third-order valence-corrected chi connectivity index (χ3v) is 0.655. The van der Waals surface area contributed by atoms with Crippen molar-refractivity contribution in [2.75, 3.05) is 0 Å². The molecule has 1 rings (SSSR count). The first-order valence-corrected chi connectivity index (χ1v) is 1.82. The van der Waals surface area contributed by atoms with Crippen molar-refractivity contribution in [3.8, 4) is 0 Å². The van der Waals surface area contributed by atoms with Gasteiger partial charge in [-0.05, 0) is 0 Å². The Bertz CT molecular complexity index is 65.6. The normalized spacial score (nSPS) is 13.3.